The number of nitrogens with zero attached hydrogens (tertiary/aromatic N) is 2. The zero-order valence-corrected chi connectivity index (χ0v) is 17.4. The fourth-order valence-corrected chi connectivity index (χ4v) is 3.68. The van der Waals surface area contributed by atoms with Gasteiger partial charge in [0.2, 0.25) is 5.91 Å². The molecule has 0 radical (unpaired) electrons. The van der Waals surface area contributed by atoms with Gasteiger partial charge in [-0.1, -0.05) is 37.6 Å². The topological polar surface area (TPSA) is 84.7 Å². The molecule has 0 unspecified atom stereocenters. The third-order valence-electron chi connectivity index (χ3n) is 5.42. The maximum Gasteiger partial charge on any atom is 0.292 e. The van der Waals surface area contributed by atoms with Crippen LogP contribution < -0.4 is 15.0 Å². The molecule has 3 rings (SSSR count). The smallest absolute Gasteiger partial charge is 0.292 e. The lowest BCUT2D eigenvalue weighted by atomic mass is 9.95. The summed E-state index contributed by atoms with van der Waals surface area (Å²) in [4.78, 5) is 25.5. The number of rotatable bonds is 9. The average Bonchev–Trinajstić information content (AvgIpc) is 2.78. The predicted octanol–water partition coefficient (Wildman–Crippen LogP) is 4.31. The third-order valence-corrected chi connectivity index (χ3v) is 5.42. The number of para-hydroxylation sites is 2. The van der Waals surface area contributed by atoms with Crippen molar-refractivity contribution in [3.63, 3.8) is 0 Å². The van der Waals surface area contributed by atoms with E-state index in [1.807, 2.05) is 29.2 Å². The summed E-state index contributed by atoms with van der Waals surface area (Å²) in [5.41, 5.74) is 1.75. The molecule has 0 atom stereocenters. The number of piperidine rings is 1. The molecule has 1 amide bonds. The first-order valence-corrected chi connectivity index (χ1v) is 10.6. The van der Waals surface area contributed by atoms with Gasteiger partial charge in [0, 0.05) is 31.6 Å². The van der Waals surface area contributed by atoms with Gasteiger partial charge in [-0.25, -0.2) is 0 Å². The first kappa shape index (κ1) is 21.6. The van der Waals surface area contributed by atoms with Crippen molar-refractivity contribution in [3.8, 4) is 5.75 Å². The molecule has 0 aromatic heterocycles. The summed E-state index contributed by atoms with van der Waals surface area (Å²) in [7, 11) is 0. The van der Waals surface area contributed by atoms with Gasteiger partial charge in [0.1, 0.15) is 11.4 Å². The number of anilines is 1. The molecule has 1 fully saturated rings. The lowest BCUT2D eigenvalue weighted by Crippen LogP contribution is -2.40. The molecule has 0 aliphatic carbocycles. The van der Waals surface area contributed by atoms with Gasteiger partial charge in [0.05, 0.1) is 11.5 Å². The van der Waals surface area contributed by atoms with Gasteiger partial charge in [0.15, 0.2) is 0 Å². The van der Waals surface area contributed by atoms with Crippen molar-refractivity contribution in [2.75, 3.05) is 24.6 Å². The van der Waals surface area contributed by atoms with E-state index in [-0.39, 0.29) is 22.4 Å². The summed E-state index contributed by atoms with van der Waals surface area (Å²) >= 11 is 0. The molecule has 30 heavy (non-hydrogen) atoms. The molecule has 0 spiro atoms. The van der Waals surface area contributed by atoms with Crippen LogP contribution in [0.1, 0.15) is 38.2 Å². The van der Waals surface area contributed by atoms with Crippen molar-refractivity contribution in [2.45, 2.75) is 39.2 Å². The van der Waals surface area contributed by atoms with Gasteiger partial charge in [-0.2, -0.15) is 0 Å². The molecule has 1 saturated heterocycles. The van der Waals surface area contributed by atoms with E-state index in [9.17, 15) is 14.9 Å². The highest BCUT2D eigenvalue weighted by Gasteiger charge is 2.27. The Morgan fingerprint density at radius 1 is 1.20 bits per heavy atom. The van der Waals surface area contributed by atoms with Crippen molar-refractivity contribution in [1.29, 1.82) is 0 Å². The molecule has 0 bridgehead atoms. The highest BCUT2D eigenvalue weighted by atomic mass is 16.6. The lowest BCUT2D eigenvalue weighted by Gasteiger charge is -2.32. The molecule has 1 aliphatic rings. The van der Waals surface area contributed by atoms with E-state index in [1.165, 1.54) is 6.07 Å². The molecule has 7 heteroatoms. The maximum absolute atomic E-state index is 12.6. The number of benzene rings is 2. The van der Waals surface area contributed by atoms with Gasteiger partial charge < -0.3 is 15.0 Å². The van der Waals surface area contributed by atoms with Gasteiger partial charge in [-0.3, -0.25) is 14.9 Å². The molecule has 2 aromatic carbocycles. The normalized spacial score (nSPS) is 14.4. The van der Waals surface area contributed by atoms with E-state index in [1.54, 1.807) is 18.2 Å². The Balaban J connectivity index is 1.49. The predicted molar refractivity (Wildman–Crippen MR) is 117 cm³/mol. The van der Waals surface area contributed by atoms with Crippen LogP contribution in [0.4, 0.5) is 11.4 Å². The molecule has 160 valence electrons. The van der Waals surface area contributed by atoms with Crippen LogP contribution in [-0.4, -0.2) is 30.5 Å². The number of hydrogen-bond acceptors (Lipinski definition) is 5. The van der Waals surface area contributed by atoms with E-state index < -0.39 is 0 Å². The number of amides is 1. The Labute approximate surface area is 177 Å². The van der Waals surface area contributed by atoms with Crippen LogP contribution in [-0.2, 0) is 11.3 Å². The zero-order chi connectivity index (χ0) is 21.3. The van der Waals surface area contributed by atoms with E-state index in [0.29, 0.717) is 44.8 Å². The summed E-state index contributed by atoms with van der Waals surface area (Å²) in [5.74, 6) is 0.787. The fourth-order valence-electron chi connectivity index (χ4n) is 3.68. The maximum atomic E-state index is 12.6. The number of nitro groups is 1. The van der Waals surface area contributed by atoms with Crippen LogP contribution in [0, 0.1) is 16.0 Å². The van der Waals surface area contributed by atoms with Crippen LogP contribution in [0.15, 0.2) is 48.5 Å². The van der Waals surface area contributed by atoms with E-state index in [2.05, 4.69) is 12.2 Å². The monoisotopic (exact) mass is 411 g/mol. The molecule has 1 aliphatic heterocycles. The van der Waals surface area contributed by atoms with E-state index >= 15 is 0 Å². The summed E-state index contributed by atoms with van der Waals surface area (Å²) in [6, 6.07) is 14.6. The number of hydrogen-bond donors (Lipinski definition) is 1. The SMILES string of the molecule is CCCCOc1cccc(CNC(=O)C2CCN(c3ccccc3[N+](=O)[O-])CC2)c1. The zero-order valence-electron chi connectivity index (χ0n) is 17.4. The van der Waals surface area contributed by atoms with Crippen LogP contribution in [0.3, 0.4) is 0 Å². The van der Waals surface area contributed by atoms with Gasteiger partial charge in [-0.15, -0.1) is 0 Å². The molecule has 7 nitrogen and oxygen atoms in total. The highest BCUT2D eigenvalue weighted by molar-refractivity contribution is 5.79. The van der Waals surface area contributed by atoms with Crippen LogP contribution >= 0.6 is 0 Å². The number of nitrogens with one attached hydrogen (secondary N) is 1. The number of nitro benzene ring substituents is 1. The quantitative estimate of drug-likeness (QED) is 0.378. The molecular formula is C23H29N3O4. The summed E-state index contributed by atoms with van der Waals surface area (Å²) < 4.78 is 5.72. The number of carbonyl (C=O) groups excluding carboxylic acids is 1. The highest BCUT2D eigenvalue weighted by Crippen LogP contribution is 2.31. The molecular weight excluding hydrogens is 382 g/mol. The van der Waals surface area contributed by atoms with Crippen molar-refractivity contribution >= 4 is 17.3 Å². The van der Waals surface area contributed by atoms with E-state index in [4.69, 9.17) is 4.74 Å². The second kappa shape index (κ2) is 10.6. The number of unbranched alkanes of at least 4 members (excludes halogenated alkanes) is 1. The van der Waals surface area contributed by atoms with Crippen LogP contribution in [0.2, 0.25) is 0 Å². The minimum absolute atomic E-state index is 0.0366. The Morgan fingerprint density at radius 2 is 1.97 bits per heavy atom. The second-order valence-electron chi connectivity index (χ2n) is 7.57. The van der Waals surface area contributed by atoms with Gasteiger partial charge >= 0.3 is 0 Å². The summed E-state index contributed by atoms with van der Waals surface area (Å²) in [5, 5.41) is 14.3. The first-order valence-electron chi connectivity index (χ1n) is 10.6. The Morgan fingerprint density at radius 3 is 2.70 bits per heavy atom. The lowest BCUT2D eigenvalue weighted by molar-refractivity contribution is -0.384. The number of carbonyl (C=O) groups is 1. The largest absolute Gasteiger partial charge is 0.494 e. The summed E-state index contributed by atoms with van der Waals surface area (Å²) in [6.07, 6.45) is 3.47. The Kier molecular flexibility index (Phi) is 7.65. The minimum Gasteiger partial charge on any atom is -0.494 e. The molecule has 2 aromatic rings. The van der Waals surface area contributed by atoms with Gasteiger partial charge in [-0.05, 0) is 43.0 Å². The van der Waals surface area contributed by atoms with E-state index in [0.717, 1.165) is 24.2 Å². The molecule has 1 heterocycles. The van der Waals surface area contributed by atoms with Crippen molar-refractivity contribution < 1.29 is 14.5 Å². The van der Waals surface area contributed by atoms with Gasteiger partial charge in [0.25, 0.3) is 5.69 Å². The van der Waals surface area contributed by atoms with Crippen molar-refractivity contribution in [2.24, 2.45) is 5.92 Å². The summed E-state index contributed by atoms with van der Waals surface area (Å²) in [6.45, 7) is 4.55. The van der Waals surface area contributed by atoms with Crippen molar-refractivity contribution in [1.82, 2.24) is 5.32 Å². The Bertz CT molecular complexity index is 863. The minimum atomic E-state index is -0.353. The van der Waals surface area contributed by atoms with Crippen LogP contribution in [0.25, 0.3) is 0 Å². The number of ether oxygens (including phenoxy) is 1. The second-order valence-corrected chi connectivity index (χ2v) is 7.57. The molecule has 0 saturated carbocycles. The fraction of sp³-hybridized carbons (Fsp3) is 0.435. The third kappa shape index (κ3) is 5.72. The molecule has 1 N–H and O–H groups in total. The van der Waals surface area contributed by atoms with Crippen LogP contribution in [0.5, 0.6) is 5.75 Å². The Hall–Kier alpha value is -3.09. The van der Waals surface area contributed by atoms with Crippen molar-refractivity contribution in [3.05, 3.63) is 64.2 Å². The average molecular weight is 412 g/mol. The standard InChI is InChI=1S/C23H29N3O4/c1-2-3-15-30-20-8-6-7-18(16-20)17-24-23(27)19-11-13-25(14-12-19)21-9-4-5-10-22(21)26(28)29/h4-10,16,19H,2-3,11-15,17H2,1H3,(H,24,27). The first-order chi connectivity index (χ1) is 14.6.